The molecule has 0 aromatic carbocycles. The molecule has 0 saturated carbocycles. The van der Waals surface area contributed by atoms with Crippen molar-refractivity contribution in [3.05, 3.63) is 22.4 Å². The fraction of sp³-hybridized carbons (Fsp3) is 0.667. The SMILES string of the molecule is CCCSc1nc2c(c(C(F)(F)F)c1C#N)CC(C(C)(C)C)CC2. The molecule has 1 unspecified atom stereocenters. The minimum absolute atomic E-state index is 0.0665. The monoisotopic (exact) mass is 356 g/mol. The van der Waals surface area contributed by atoms with E-state index in [1.807, 2.05) is 6.92 Å². The van der Waals surface area contributed by atoms with Crippen molar-refractivity contribution in [1.29, 1.82) is 5.26 Å². The Balaban J connectivity index is 2.62. The van der Waals surface area contributed by atoms with Crippen LogP contribution < -0.4 is 0 Å². The number of hydrogen-bond donors (Lipinski definition) is 0. The highest BCUT2D eigenvalue weighted by atomic mass is 32.2. The average Bonchev–Trinajstić information content (AvgIpc) is 2.48. The van der Waals surface area contributed by atoms with Crippen molar-refractivity contribution in [2.45, 2.75) is 64.6 Å². The first-order valence-corrected chi connectivity index (χ1v) is 9.24. The highest BCUT2D eigenvalue weighted by Crippen LogP contribution is 2.44. The summed E-state index contributed by atoms with van der Waals surface area (Å²) in [6, 6.07) is 1.78. The fourth-order valence-corrected chi connectivity index (χ4v) is 4.06. The van der Waals surface area contributed by atoms with Crippen LogP contribution in [0.3, 0.4) is 0 Å². The van der Waals surface area contributed by atoms with Gasteiger partial charge in [-0.2, -0.15) is 18.4 Å². The standard InChI is InChI=1S/C18H23F3N2S/c1-5-8-24-16-13(10-22)15(18(19,20)21)12-9-11(17(2,3)4)6-7-14(12)23-16/h11H,5-9H2,1-4H3. The summed E-state index contributed by atoms with van der Waals surface area (Å²) in [5.41, 5.74) is -0.341. The number of halogens is 3. The number of fused-ring (bicyclic) bond motifs is 1. The first kappa shape index (κ1) is 19.1. The molecule has 0 saturated heterocycles. The zero-order valence-electron chi connectivity index (χ0n) is 14.5. The molecule has 2 rings (SSSR count). The van der Waals surface area contributed by atoms with E-state index in [9.17, 15) is 18.4 Å². The van der Waals surface area contributed by atoms with Crippen LogP contribution in [0.15, 0.2) is 5.03 Å². The summed E-state index contributed by atoms with van der Waals surface area (Å²) in [4.78, 5) is 4.45. The molecule has 0 fully saturated rings. The van der Waals surface area contributed by atoms with Crippen LogP contribution in [-0.2, 0) is 19.0 Å². The maximum atomic E-state index is 13.8. The van der Waals surface area contributed by atoms with Gasteiger partial charge >= 0.3 is 6.18 Å². The lowest BCUT2D eigenvalue weighted by Crippen LogP contribution is -2.30. The van der Waals surface area contributed by atoms with Crippen molar-refractivity contribution < 1.29 is 13.2 Å². The van der Waals surface area contributed by atoms with Gasteiger partial charge in [-0.1, -0.05) is 27.7 Å². The third-order valence-electron chi connectivity index (χ3n) is 4.59. The molecule has 1 heterocycles. The van der Waals surface area contributed by atoms with Gasteiger partial charge in [0.2, 0.25) is 0 Å². The maximum Gasteiger partial charge on any atom is 0.418 e. The van der Waals surface area contributed by atoms with Crippen LogP contribution in [0.4, 0.5) is 13.2 Å². The van der Waals surface area contributed by atoms with Gasteiger partial charge in [-0.25, -0.2) is 4.98 Å². The van der Waals surface area contributed by atoms with E-state index in [0.717, 1.165) is 12.8 Å². The van der Waals surface area contributed by atoms with Crippen molar-refractivity contribution in [2.75, 3.05) is 5.75 Å². The third kappa shape index (κ3) is 3.88. The Hall–Kier alpha value is -1.22. The molecular formula is C18H23F3N2S. The summed E-state index contributed by atoms with van der Waals surface area (Å²) in [6.45, 7) is 8.12. The molecule has 1 aromatic rings. The molecular weight excluding hydrogens is 333 g/mol. The fourth-order valence-electron chi connectivity index (χ4n) is 3.19. The number of thioether (sulfide) groups is 1. The van der Waals surface area contributed by atoms with E-state index < -0.39 is 11.7 Å². The lowest BCUT2D eigenvalue weighted by atomic mass is 9.70. The van der Waals surface area contributed by atoms with Crippen LogP contribution in [-0.4, -0.2) is 10.7 Å². The molecule has 0 bridgehead atoms. The minimum Gasteiger partial charge on any atom is -0.245 e. The van der Waals surface area contributed by atoms with E-state index >= 15 is 0 Å². The summed E-state index contributed by atoms with van der Waals surface area (Å²) in [5.74, 6) is 0.816. The van der Waals surface area contributed by atoms with Crippen molar-refractivity contribution >= 4 is 11.8 Å². The Labute approximate surface area is 145 Å². The number of pyridine rings is 1. The quantitative estimate of drug-likeness (QED) is 0.659. The van der Waals surface area contributed by atoms with Crippen molar-refractivity contribution in [3.8, 4) is 6.07 Å². The third-order valence-corrected chi connectivity index (χ3v) is 5.77. The van der Waals surface area contributed by atoms with E-state index in [1.165, 1.54) is 11.8 Å². The van der Waals surface area contributed by atoms with Crippen molar-refractivity contribution in [3.63, 3.8) is 0 Å². The Bertz CT molecular complexity index is 654. The van der Waals surface area contributed by atoms with E-state index in [-0.39, 0.29) is 27.5 Å². The van der Waals surface area contributed by atoms with Gasteiger partial charge in [0, 0.05) is 5.69 Å². The first-order chi connectivity index (χ1) is 11.1. The van der Waals surface area contributed by atoms with Gasteiger partial charge in [-0.05, 0) is 48.3 Å². The van der Waals surface area contributed by atoms with Gasteiger partial charge in [-0.15, -0.1) is 11.8 Å². The van der Waals surface area contributed by atoms with Gasteiger partial charge in [0.1, 0.15) is 11.1 Å². The summed E-state index contributed by atoms with van der Waals surface area (Å²) in [6.07, 6.45) is -1.98. The lowest BCUT2D eigenvalue weighted by Gasteiger charge is -2.36. The second kappa shape index (κ2) is 6.95. The van der Waals surface area contributed by atoms with Crippen LogP contribution in [0.25, 0.3) is 0 Å². The van der Waals surface area contributed by atoms with E-state index in [0.29, 0.717) is 24.3 Å². The zero-order valence-corrected chi connectivity index (χ0v) is 15.4. The van der Waals surface area contributed by atoms with E-state index in [1.54, 1.807) is 6.07 Å². The number of nitriles is 1. The number of aromatic nitrogens is 1. The number of alkyl halides is 3. The van der Waals surface area contributed by atoms with Crippen LogP contribution in [0.2, 0.25) is 0 Å². The predicted molar refractivity (Wildman–Crippen MR) is 89.9 cm³/mol. The second-order valence-electron chi connectivity index (χ2n) is 7.36. The molecule has 1 aliphatic rings. The Morgan fingerprint density at radius 2 is 1.96 bits per heavy atom. The molecule has 1 aliphatic carbocycles. The Morgan fingerprint density at radius 3 is 2.46 bits per heavy atom. The zero-order chi connectivity index (χ0) is 18.1. The topological polar surface area (TPSA) is 36.7 Å². The lowest BCUT2D eigenvalue weighted by molar-refractivity contribution is -0.139. The van der Waals surface area contributed by atoms with Crippen LogP contribution in [0, 0.1) is 22.7 Å². The van der Waals surface area contributed by atoms with E-state index in [4.69, 9.17) is 0 Å². The van der Waals surface area contributed by atoms with Crippen molar-refractivity contribution in [2.24, 2.45) is 11.3 Å². The van der Waals surface area contributed by atoms with Gasteiger partial charge in [0.15, 0.2) is 0 Å². The molecule has 6 heteroatoms. The average molecular weight is 356 g/mol. The van der Waals surface area contributed by atoms with Gasteiger partial charge < -0.3 is 0 Å². The minimum atomic E-state index is -4.53. The summed E-state index contributed by atoms with van der Waals surface area (Å²) >= 11 is 1.25. The van der Waals surface area contributed by atoms with E-state index in [2.05, 4.69) is 25.8 Å². The molecule has 0 N–H and O–H groups in total. The Kier molecular flexibility index (Phi) is 5.54. The smallest absolute Gasteiger partial charge is 0.245 e. The second-order valence-corrected chi connectivity index (χ2v) is 8.44. The van der Waals surface area contributed by atoms with Crippen LogP contribution in [0.5, 0.6) is 0 Å². The predicted octanol–water partition coefficient (Wildman–Crippen LogP) is 5.63. The first-order valence-electron chi connectivity index (χ1n) is 8.25. The number of nitrogens with zero attached hydrogens (tertiary/aromatic N) is 2. The Morgan fingerprint density at radius 1 is 1.29 bits per heavy atom. The summed E-state index contributed by atoms with van der Waals surface area (Å²) < 4.78 is 41.3. The molecule has 2 nitrogen and oxygen atoms in total. The molecule has 132 valence electrons. The molecule has 0 radical (unpaired) electrons. The van der Waals surface area contributed by atoms with Gasteiger partial charge in [0.05, 0.1) is 11.1 Å². The molecule has 24 heavy (non-hydrogen) atoms. The summed E-state index contributed by atoms with van der Waals surface area (Å²) in [7, 11) is 0. The highest BCUT2D eigenvalue weighted by molar-refractivity contribution is 7.99. The van der Waals surface area contributed by atoms with Gasteiger partial charge in [0.25, 0.3) is 0 Å². The number of hydrogen-bond acceptors (Lipinski definition) is 3. The largest absolute Gasteiger partial charge is 0.418 e. The van der Waals surface area contributed by atoms with Crippen molar-refractivity contribution in [1.82, 2.24) is 4.98 Å². The maximum absolute atomic E-state index is 13.8. The highest BCUT2D eigenvalue weighted by Gasteiger charge is 2.42. The molecule has 1 atom stereocenters. The molecule has 0 spiro atoms. The van der Waals surface area contributed by atoms with Crippen LogP contribution in [0.1, 0.15) is 62.9 Å². The number of rotatable bonds is 3. The summed E-state index contributed by atoms with van der Waals surface area (Å²) in [5, 5.41) is 9.62. The molecule has 0 amide bonds. The normalized spacial score (nSPS) is 18.2. The molecule has 1 aromatic heterocycles. The van der Waals surface area contributed by atoms with Crippen LogP contribution >= 0.6 is 11.8 Å². The molecule has 0 aliphatic heterocycles. The number of aryl methyl sites for hydroxylation is 1. The van der Waals surface area contributed by atoms with Gasteiger partial charge in [-0.3, -0.25) is 0 Å².